The highest BCUT2D eigenvalue weighted by Gasteiger charge is 2.58. The van der Waals surface area contributed by atoms with Gasteiger partial charge in [-0.05, 0) is 36.2 Å². The van der Waals surface area contributed by atoms with Crippen LogP contribution in [-0.2, 0) is 25.6 Å². The van der Waals surface area contributed by atoms with Crippen LogP contribution in [0.2, 0.25) is 0 Å². The predicted octanol–water partition coefficient (Wildman–Crippen LogP) is 4.08. The van der Waals surface area contributed by atoms with Crippen molar-refractivity contribution in [1.82, 2.24) is 5.32 Å². The minimum absolute atomic E-state index is 0.0605. The molecule has 3 saturated heterocycles. The van der Waals surface area contributed by atoms with Gasteiger partial charge in [0.2, 0.25) is 0 Å². The quantitative estimate of drug-likeness (QED) is 0.414. The van der Waals surface area contributed by atoms with E-state index in [-0.39, 0.29) is 12.0 Å². The van der Waals surface area contributed by atoms with Gasteiger partial charge >= 0.3 is 12.1 Å². The topological polar surface area (TPSA) is 92.3 Å². The van der Waals surface area contributed by atoms with E-state index in [9.17, 15) is 9.59 Å². The standard InChI is InChI=1S/C26H31NO7/c1-3-4-14-30-21-12-10-20(11-13-21)22(28)23(26-32-16-25(2,17-33-26)18-34-26)27-24(29)31-15-19-8-6-5-7-9-19/h5-13,23H,3-4,14-18H2,1-2H3,(H,27,29)/t23-,25?,26?/m0/s1. The summed E-state index contributed by atoms with van der Waals surface area (Å²) in [4.78, 5) is 26.2. The average Bonchev–Trinajstić information content (AvgIpc) is 2.87. The van der Waals surface area contributed by atoms with E-state index in [0.717, 1.165) is 18.4 Å². The Morgan fingerprint density at radius 1 is 1.00 bits per heavy atom. The van der Waals surface area contributed by atoms with Crippen molar-refractivity contribution >= 4 is 11.9 Å². The summed E-state index contributed by atoms with van der Waals surface area (Å²) in [7, 11) is 0. The Morgan fingerprint density at radius 3 is 2.26 bits per heavy atom. The van der Waals surface area contributed by atoms with E-state index in [1.807, 2.05) is 37.3 Å². The fourth-order valence-electron chi connectivity index (χ4n) is 3.74. The molecule has 3 aliphatic heterocycles. The van der Waals surface area contributed by atoms with Crippen LogP contribution in [0.5, 0.6) is 5.75 Å². The zero-order valence-electron chi connectivity index (χ0n) is 19.6. The molecule has 8 heteroatoms. The third-order valence-corrected chi connectivity index (χ3v) is 5.86. The lowest BCUT2D eigenvalue weighted by Crippen LogP contribution is -2.69. The molecule has 2 aromatic rings. The molecule has 2 bridgehead atoms. The van der Waals surface area contributed by atoms with E-state index in [1.54, 1.807) is 24.3 Å². The number of fused-ring (bicyclic) bond motifs is 3. The lowest BCUT2D eigenvalue weighted by atomic mass is 9.90. The van der Waals surface area contributed by atoms with Crippen LogP contribution in [-0.4, -0.2) is 50.3 Å². The first-order valence-corrected chi connectivity index (χ1v) is 11.6. The summed E-state index contributed by atoms with van der Waals surface area (Å²) < 4.78 is 28.6. The predicted molar refractivity (Wildman–Crippen MR) is 123 cm³/mol. The molecule has 0 saturated carbocycles. The van der Waals surface area contributed by atoms with Gasteiger partial charge in [0.1, 0.15) is 12.4 Å². The molecular weight excluding hydrogens is 438 g/mol. The van der Waals surface area contributed by atoms with Crippen LogP contribution in [0.1, 0.15) is 42.6 Å². The van der Waals surface area contributed by atoms with Crippen molar-refractivity contribution < 1.29 is 33.3 Å². The highest BCUT2D eigenvalue weighted by Crippen LogP contribution is 2.40. The number of unbranched alkanes of at least 4 members (excludes halogenated alkanes) is 1. The van der Waals surface area contributed by atoms with Crippen molar-refractivity contribution in [3.05, 3.63) is 65.7 Å². The molecule has 1 N–H and O–H groups in total. The van der Waals surface area contributed by atoms with Gasteiger partial charge in [-0.2, -0.15) is 0 Å². The van der Waals surface area contributed by atoms with E-state index in [2.05, 4.69) is 12.2 Å². The van der Waals surface area contributed by atoms with Gasteiger partial charge in [0.05, 0.1) is 26.4 Å². The number of hydrogen-bond acceptors (Lipinski definition) is 7. The van der Waals surface area contributed by atoms with Crippen molar-refractivity contribution in [2.75, 3.05) is 26.4 Å². The number of carbonyl (C=O) groups excluding carboxylic acids is 2. The summed E-state index contributed by atoms with van der Waals surface area (Å²) in [5.74, 6) is -1.45. The molecule has 3 heterocycles. The van der Waals surface area contributed by atoms with Crippen molar-refractivity contribution in [2.45, 2.75) is 45.3 Å². The normalized spacial score (nSPS) is 24.3. The molecule has 0 spiro atoms. The third-order valence-electron chi connectivity index (χ3n) is 5.86. The molecule has 0 unspecified atom stereocenters. The summed E-state index contributed by atoms with van der Waals surface area (Å²) in [6, 6.07) is 14.8. The van der Waals surface area contributed by atoms with E-state index in [4.69, 9.17) is 23.7 Å². The smallest absolute Gasteiger partial charge is 0.408 e. The summed E-state index contributed by atoms with van der Waals surface area (Å²) in [5, 5.41) is 2.62. The van der Waals surface area contributed by atoms with E-state index >= 15 is 0 Å². The second-order valence-corrected chi connectivity index (χ2v) is 9.01. The van der Waals surface area contributed by atoms with Crippen LogP contribution < -0.4 is 10.1 Å². The average molecular weight is 470 g/mol. The van der Waals surface area contributed by atoms with Gasteiger partial charge in [0, 0.05) is 11.0 Å². The van der Waals surface area contributed by atoms with E-state index in [0.29, 0.717) is 37.7 Å². The van der Waals surface area contributed by atoms with Gasteiger partial charge in [-0.3, -0.25) is 4.79 Å². The van der Waals surface area contributed by atoms with Crippen molar-refractivity contribution in [2.24, 2.45) is 5.41 Å². The summed E-state index contributed by atoms with van der Waals surface area (Å²) in [5.41, 5.74) is 0.896. The van der Waals surface area contributed by atoms with Crippen molar-refractivity contribution in [3.8, 4) is 5.75 Å². The second-order valence-electron chi connectivity index (χ2n) is 9.01. The number of hydrogen-bond donors (Lipinski definition) is 1. The largest absolute Gasteiger partial charge is 0.494 e. The summed E-state index contributed by atoms with van der Waals surface area (Å²) in [6.45, 7) is 5.79. The van der Waals surface area contributed by atoms with Crippen LogP contribution in [0.15, 0.2) is 54.6 Å². The number of Topliss-reactive ketones (excluding diaryl/α,β-unsaturated/α-hetero) is 1. The third kappa shape index (κ3) is 5.58. The van der Waals surface area contributed by atoms with Crippen molar-refractivity contribution in [1.29, 1.82) is 0 Å². The molecule has 8 nitrogen and oxygen atoms in total. The first-order chi connectivity index (χ1) is 16.4. The maximum absolute atomic E-state index is 13.5. The number of nitrogens with one attached hydrogen (secondary N) is 1. The lowest BCUT2D eigenvalue weighted by molar-refractivity contribution is -0.468. The molecule has 3 fully saturated rings. The van der Waals surface area contributed by atoms with Gasteiger partial charge in [-0.1, -0.05) is 50.6 Å². The number of alkyl carbamates (subject to hydrolysis) is 1. The first-order valence-electron chi connectivity index (χ1n) is 11.6. The number of rotatable bonds is 10. The Balaban J connectivity index is 1.49. The lowest BCUT2D eigenvalue weighted by Gasteiger charge is -2.52. The highest BCUT2D eigenvalue weighted by atomic mass is 16.9. The fourth-order valence-corrected chi connectivity index (χ4v) is 3.74. The molecule has 1 atom stereocenters. The minimum Gasteiger partial charge on any atom is -0.494 e. The van der Waals surface area contributed by atoms with E-state index in [1.165, 1.54) is 0 Å². The number of benzene rings is 2. The fraction of sp³-hybridized carbons (Fsp3) is 0.462. The SMILES string of the molecule is CCCCOc1ccc(C(=O)[C@H](NC(=O)OCc2ccccc2)C23OCC(C)(CO2)CO3)cc1. The maximum Gasteiger partial charge on any atom is 0.408 e. The zero-order chi connectivity index (χ0) is 24.0. The van der Waals surface area contributed by atoms with Gasteiger partial charge in [0.25, 0.3) is 0 Å². The summed E-state index contributed by atoms with van der Waals surface area (Å²) in [6.07, 6.45) is 1.21. The number of ketones is 1. The first kappa shape index (κ1) is 24.2. The molecule has 1 amide bonds. The monoisotopic (exact) mass is 469 g/mol. The second kappa shape index (κ2) is 10.5. The molecular formula is C26H31NO7. The maximum atomic E-state index is 13.5. The highest BCUT2D eigenvalue weighted by molar-refractivity contribution is 6.02. The van der Waals surface area contributed by atoms with Crippen LogP contribution in [0.25, 0.3) is 0 Å². The Labute approximate surface area is 199 Å². The molecule has 2 aromatic carbocycles. The molecule has 0 aromatic heterocycles. The van der Waals surface area contributed by atoms with Crippen LogP contribution in [0.3, 0.4) is 0 Å². The molecule has 0 radical (unpaired) electrons. The summed E-state index contributed by atoms with van der Waals surface area (Å²) >= 11 is 0. The zero-order valence-corrected chi connectivity index (χ0v) is 19.6. The Kier molecular flexibility index (Phi) is 7.50. The Morgan fingerprint density at radius 2 is 1.65 bits per heavy atom. The molecule has 5 rings (SSSR count). The van der Waals surface area contributed by atoms with Gasteiger partial charge in [0.15, 0.2) is 11.8 Å². The number of ether oxygens (including phenoxy) is 5. The van der Waals surface area contributed by atoms with Crippen LogP contribution in [0, 0.1) is 5.41 Å². The number of carbonyl (C=O) groups is 2. The van der Waals surface area contributed by atoms with Gasteiger partial charge in [-0.25, -0.2) is 4.79 Å². The minimum atomic E-state index is -1.71. The molecule has 0 aliphatic carbocycles. The Bertz CT molecular complexity index is 952. The molecule has 182 valence electrons. The number of amides is 1. The van der Waals surface area contributed by atoms with E-state index < -0.39 is 23.9 Å². The Hall–Kier alpha value is -2.94. The molecule has 34 heavy (non-hydrogen) atoms. The van der Waals surface area contributed by atoms with Gasteiger partial charge in [-0.15, -0.1) is 0 Å². The van der Waals surface area contributed by atoms with Gasteiger partial charge < -0.3 is 29.0 Å². The van der Waals surface area contributed by atoms with Crippen molar-refractivity contribution in [3.63, 3.8) is 0 Å². The van der Waals surface area contributed by atoms with Crippen LogP contribution >= 0.6 is 0 Å². The van der Waals surface area contributed by atoms with Crippen LogP contribution in [0.4, 0.5) is 4.79 Å². The molecule has 3 aliphatic rings.